The molecule has 0 bridgehead atoms. The first kappa shape index (κ1) is 12.4. The van der Waals surface area contributed by atoms with Crippen LogP contribution in [-0.4, -0.2) is 23.6 Å². The predicted molar refractivity (Wildman–Crippen MR) is 71.1 cm³/mol. The fourth-order valence-electron chi connectivity index (χ4n) is 1.78. The Morgan fingerprint density at radius 2 is 2.18 bits per heavy atom. The lowest BCUT2D eigenvalue weighted by Gasteiger charge is -2.25. The monoisotopic (exact) mass is 297 g/mol. The summed E-state index contributed by atoms with van der Waals surface area (Å²) >= 11 is 3.28. The number of anilines is 1. The number of halogens is 1. The molecule has 0 saturated carbocycles. The largest absolute Gasteiger partial charge is 0.333 e. The molecule has 0 aliphatic carbocycles. The minimum absolute atomic E-state index is 0.0472. The van der Waals surface area contributed by atoms with Gasteiger partial charge in [-0.3, -0.25) is 4.90 Å². The van der Waals surface area contributed by atoms with Gasteiger partial charge in [0.1, 0.15) is 4.60 Å². The first-order valence-corrected chi connectivity index (χ1v) is 6.37. The second kappa shape index (κ2) is 4.29. The number of pyridine rings is 1. The number of aromatic nitrogens is 1. The third kappa shape index (κ3) is 2.60. The van der Waals surface area contributed by atoms with Gasteiger partial charge in [0, 0.05) is 6.54 Å². The van der Waals surface area contributed by atoms with E-state index in [0.717, 1.165) is 10.3 Å². The smallest absolute Gasteiger partial charge is 0.322 e. The van der Waals surface area contributed by atoms with Crippen LogP contribution in [0.5, 0.6) is 0 Å². The molecule has 1 aliphatic heterocycles. The molecule has 1 N–H and O–H groups in total. The molecule has 1 aromatic rings. The standard InChI is InChI=1S/C12H16BrN3O/c1-12(2,3)9-7-16(11(17)15-9)8-4-5-10(13)14-6-8/h4-6,9H,7H2,1-3H3,(H,15,17)/t9-/m1/s1. The van der Waals surface area contributed by atoms with E-state index in [1.165, 1.54) is 0 Å². The van der Waals surface area contributed by atoms with Gasteiger partial charge >= 0.3 is 6.03 Å². The quantitative estimate of drug-likeness (QED) is 0.810. The van der Waals surface area contributed by atoms with Crippen molar-refractivity contribution in [3.63, 3.8) is 0 Å². The van der Waals surface area contributed by atoms with Crippen molar-refractivity contribution < 1.29 is 4.79 Å². The SMILES string of the molecule is CC(C)(C)[C@H]1CN(c2ccc(Br)nc2)C(=O)N1. The Balaban J connectivity index is 2.19. The van der Waals surface area contributed by atoms with E-state index in [2.05, 4.69) is 47.0 Å². The first-order chi connectivity index (χ1) is 7.88. The number of carbonyl (C=O) groups is 1. The molecule has 2 amide bonds. The molecule has 0 spiro atoms. The summed E-state index contributed by atoms with van der Waals surface area (Å²) in [6.45, 7) is 7.06. The highest BCUT2D eigenvalue weighted by Crippen LogP contribution is 2.27. The van der Waals surface area contributed by atoms with Crippen LogP contribution in [0.4, 0.5) is 10.5 Å². The van der Waals surface area contributed by atoms with Crippen molar-refractivity contribution in [2.75, 3.05) is 11.4 Å². The predicted octanol–water partition coefficient (Wildman–Crippen LogP) is 2.79. The van der Waals surface area contributed by atoms with E-state index in [1.54, 1.807) is 11.1 Å². The summed E-state index contributed by atoms with van der Waals surface area (Å²) in [6.07, 6.45) is 1.70. The van der Waals surface area contributed by atoms with Gasteiger partial charge < -0.3 is 5.32 Å². The van der Waals surface area contributed by atoms with Gasteiger partial charge in [0.25, 0.3) is 0 Å². The fourth-order valence-corrected chi connectivity index (χ4v) is 2.01. The number of urea groups is 1. The highest BCUT2D eigenvalue weighted by atomic mass is 79.9. The third-order valence-corrected chi connectivity index (χ3v) is 3.45. The Morgan fingerprint density at radius 1 is 1.47 bits per heavy atom. The van der Waals surface area contributed by atoms with E-state index in [-0.39, 0.29) is 17.5 Å². The zero-order chi connectivity index (χ0) is 12.6. The average molecular weight is 298 g/mol. The van der Waals surface area contributed by atoms with E-state index in [1.807, 2.05) is 12.1 Å². The van der Waals surface area contributed by atoms with Gasteiger partial charge in [0.15, 0.2) is 0 Å². The number of hydrogen-bond acceptors (Lipinski definition) is 2. The summed E-state index contributed by atoms with van der Waals surface area (Å²) in [7, 11) is 0. The lowest BCUT2D eigenvalue weighted by Crippen LogP contribution is -2.38. The van der Waals surface area contributed by atoms with Crippen molar-refractivity contribution in [3.05, 3.63) is 22.9 Å². The maximum atomic E-state index is 11.9. The lowest BCUT2D eigenvalue weighted by molar-refractivity contribution is 0.243. The zero-order valence-corrected chi connectivity index (χ0v) is 11.8. The summed E-state index contributed by atoms with van der Waals surface area (Å²) in [4.78, 5) is 17.8. The Bertz CT molecular complexity index is 424. The van der Waals surface area contributed by atoms with Crippen LogP contribution in [0.15, 0.2) is 22.9 Å². The first-order valence-electron chi connectivity index (χ1n) is 5.57. The Hall–Kier alpha value is -1.10. The number of nitrogens with one attached hydrogen (secondary N) is 1. The van der Waals surface area contributed by atoms with Gasteiger partial charge in [-0.15, -0.1) is 0 Å². The third-order valence-electron chi connectivity index (χ3n) is 2.98. The summed E-state index contributed by atoms with van der Waals surface area (Å²) in [5, 5.41) is 3.00. The van der Waals surface area contributed by atoms with Gasteiger partial charge in [-0.05, 0) is 33.5 Å². The van der Waals surface area contributed by atoms with Crippen molar-refractivity contribution in [1.29, 1.82) is 0 Å². The molecular weight excluding hydrogens is 282 g/mol. The van der Waals surface area contributed by atoms with Crippen LogP contribution in [0, 0.1) is 5.41 Å². The van der Waals surface area contributed by atoms with Gasteiger partial charge in [-0.1, -0.05) is 20.8 Å². The number of nitrogens with zero attached hydrogens (tertiary/aromatic N) is 2. The molecule has 4 nitrogen and oxygen atoms in total. The summed E-state index contributed by atoms with van der Waals surface area (Å²) in [5.41, 5.74) is 0.894. The highest BCUT2D eigenvalue weighted by molar-refractivity contribution is 9.10. The Morgan fingerprint density at radius 3 is 2.65 bits per heavy atom. The molecule has 1 aromatic heterocycles. The molecule has 2 rings (SSSR count). The van der Waals surface area contributed by atoms with Gasteiger partial charge in [0.2, 0.25) is 0 Å². The number of hydrogen-bond donors (Lipinski definition) is 1. The van der Waals surface area contributed by atoms with E-state index in [9.17, 15) is 4.79 Å². The van der Waals surface area contributed by atoms with Crippen LogP contribution in [0.25, 0.3) is 0 Å². The van der Waals surface area contributed by atoms with Crippen LogP contribution < -0.4 is 10.2 Å². The van der Waals surface area contributed by atoms with E-state index in [4.69, 9.17) is 0 Å². The van der Waals surface area contributed by atoms with Gasteiger partial charge in [-0.25, -0.2) is 9.78 Å². The van der Waals surface area contributed by atoms with Crippen molar-refractivity contribution in [1.82, 2.24) is 10.3 Å². The summed E-state index contributed by atoms with van der Waals surface area (Å²) < 4.78 is 0.772. The van der Waals surface area contributed by atoms with Crippen molar-refractivity contribution in [3.8, 4) is 0 Å². The molecule has 2 heterocycles. The molecule has 17 heavy (non-hydrogen) atoms. The zero-order valence-electron chi connectivity index (χ0n) is 10.2. The molecule has 1 saturated heterocycles. The maximum Gasteiger partial charge on any atom is 0.322 e. The van der Waals surface area contributed by atoms with E-state index < -0.39 is 0 Å². The van der Waals surface area contributed by atoms with Crippen molar-refractivity contribution >= 4 is 27.6 Å². The number of carbonyl (C=O) groups excluding carboxylic acids is 1. The van der Waals surface area contributed by atoms with Crippen LogP contribution in [0.2, 0.25) is 0 Å². The topological polar surface area (TPSA) is 45.2 Å². The molecule has 1 aliphatic rings. The van der Waals surface area contributed by atoms with Crippen molar-refractivity contribution in [2.45, 2.75) is 26.8 Å². The number of amides is 2. The van der Waals surface area contributed by atoms with Crippen molar-refractivity contribution in [2.24, 2.45) is 5.41 Å². The molecule has 0 unspecified atom stereocenters. The lowest BCUT2D eigenvalue weighted by atomic mass is 9.87. The molecule has 0 radical (unpaired) electrons. The molecule has 0 aromatic carbocycles. The van der Waals surface area contributed by atoms with E-state index >= 15 is 0 Å². The average Bonchev–Trinajstić information content (AvgIpc) is 2.61. The second-order valence-corrected chi connectivity index (χ2v) is 6.13. The van der Waals surface area contributed by atoms with Crippen LogP contribution in [0.3, 0.4) is 0 Å². The molecule has 92 valence electrons. The second-order valence-electron chi connectivity index (χ2n) is 5.32. The van der Waals surface area contributed by atoms with E-state index in [0.29, 0.717) is 6.54 Å². The molecular formula is C12H16BrN3O. The maximum absolute atomic E-state index is 11.9. The van der Waals surface area contributed by atoms with Crippen LogP contribution >= 0.6 is 15.9 Å². The number of rotatable bonds is 1. The van der Waals surface area contributed by atoms with Gasteiger partial charge in [-0.2, -0.15) is 0 Å². The molecule has 1 fully saturated rings. The highest BCUT2D eigenvalue weighted by Gasteiger charge is 2.36. The summed E-state index contributed by atoms with van der Waals surface area (Å²) in [6, 6.07) is 3.85. The Kier molecular flexibility index (Phi) is 3.12. The molecule has 1 atom stereocenters. The molecule has 5 heteroatoms. The summed E-state index contributed by atoms with van der Waals surface area (Å²) in [5.74, 6) is 0. The normalized spacial score (nSPS) is 20.6. The Labute approximate surface area is 110 Å². The minimum atomic E-state index is -0.0472. The van der Waals surface area contributed by atoms with Crippen LogP contribution in [-0.2, 0) is 0 Å². The fraction of sp³-hybridized carbons (Fsp3) is 0.500. The van der Waals surface area contributed by atoms with Gasteiger partial charge in [0.05, 0.1) is 17.9 Å². The van der Waals surface area contributed by atoms with Crippen LogP contribution in [0.1, 0.15) is 20.8 Å². The minimum Gasteiger partial charge on any atom is -0.333 e.